The zero-order chi connectivity index (χ0) is 14.4. The summed E-state index contributed by atoms with van der Waals surface area (Å²) in [5.41, 5.74) is 6.92. The molecular formula is C15H18FN3O. The van der Waals surface area contributed by atoms with E-state index in [1.54, 1.807) is 31.5 Å². The van der Waals surface area contributed by atoms with Crippen LogP contribution in [0.15, 0.2) is 42.6 Å². The van der Waals surface area contributed by atoms with E-state index < -0.39 is 0 Å². The first-order valence-electron chi connectivity index (χ1n) is 6.48. The average Bonchev–Trinajstić information content (AvgIpc) is 2.49. The molecule has 0 atom stereocenters. The summed E-state index contributed by atoms with van der Waals surface area (Å²) in [4.78, 5) is 5.95. The number of aromatic nitrogens is 1. The molecule has 0 bridgehead atoms. The molecule has 0 radical (unpaired) electrons. The number of ether oxygens (including phenoxy) is 1. The molecule has 0 unspecified atom stereocenters. The molecule has 2 rings (SSSR count). The molecule has 0 saturated carbocycles. The van der Waals surface area contributed by atoms with Crippen LogP contribution in [0.4, 0.5) is 15.8 Å². The number of halogens is 1. The summed E-state index contributed by atoms with van der Waals surface area (Å²) in [5.74, 6) is 0.233. The predicted molar refractivity (Wildman–Crippen MR) is 77.9 cm³/mol. The molecule has 0 spiro atoms. The molecule has 0 aliphatic carbocycles. The number of para-hydroxylation sites is 1. The maximum absolute atomic E-state index is 14.0. The fraction of sp³-hybridized carbons (Fsp3) is 0.267. The van der Waals surface area contributed by atoms with Gasteiger partial charge in [0.1, 0.15) is 5.82 Å². The third-order valence-electron chi connectivity index (χ3n) is 2.97. The van der Waals surface area contributed by atoms with Crippen LogP contribution in [0.1, 0.15) is 6.42 Å². The molecule has 0 amide bonds. The average molecular weight is 275 g/mol. The van der Waals surface area contributed by atoms with Crippen LogP contribution in [0, 0.1) is 5.82 Å². The highest BCUT2D eigenvalue weighted by atomic mass is 19.1. The Labute approximate surface area is 118 Å². The highest BCUT2D eigenvalue weighted by Crippen LogP contribution is 2.29. The lowest BCUT2D eigenvalue weighted by Crippen LogP contribution is -2.22. The largest absolute Gasteiger partial charge is 0.481 e. The first kappa shape index (κ1) is 14.3. The monoisotopic (exact) mass is 275 g/mol. The van der Waals surface area contributed by atoms with Crippen molar-refractivity contribution < 1.29 is 9.13 Å². The quantitative estimate of drug-likeness (QED) is 0.880. The first-order chi connectivity index (χ1) is 9.76. The van der Waals surface area contributed by atoms with E-state index in [1.807, 2.05) is 17.0 Å². The van der Waals surface area contributed by atoms with E-state index in [4.69, 9.17) is 10.5 Å². The molecule has 1 heterocycles. The lowest BCUT2D eigenvalue weighted by atomic mass is 10.2. The van der Waals surface area contributed by atoms with Crippen molar-refractivity contribution in [2.75, 3.05) is 25.1 Å². The Morgan fingerprint density at radius 3 is 2.80 bits per heavy atom. The molecule has 106 valence electrons. The number of hydrogen-bond donors (Lipinski definition) is 1. The van der Waals surface area contributed by atoms with Crippen molar-refractivity contribution in [3.63, 3.8) is 0 Å². The normalized spacial score (nSPS) is 10.3. The van der Waals surface area contributed by atoms with Gasteiger partial charge in [0.15, 0.2) is 0 Å². The summed E-state index contributed by atoms with van der Waals surface area (Å²) in [6.45, 7) is 1.18. The van der Waals surface area contributed by atoms with E-state index in [-0.39, 0.29) is 5.82 Å². The molecule has 0 aliphatic heterocycles. The number of hydrogen-bond acceptors (Lipinski definition) is 4. The predicted octanol–water partition coefficient (Wildman–Crippen LogP) is 2.72. The molecule has 1 aromatic heterocycles. The van der Waals surface area contributed by atoms with Crippen LogP contribution in [0.3, 0.4) is 0 Å². The lowest BCUT2D eigenvalue weighted by Gasteiger charge is -2.25. The second kappa shape index (κ2) is 6.86. The van der Waals surface area contributed by atoms with Gasteiger partial charge in [0.2, 0.25) is 5.88 Å². The van der Waals surface area contributed by atoms with Crippen molar-refractivity contribution in [3.05, 3.63) is 48.4 Å². The number of benzene rings is 1. The van der Waals surface area contributed by atoms with Gasteiger partial charge in [0.25, 0.3) is 0 Å². The van der Waals surface area contributed by atoms with Crippen LogP contribution in [0.25, 0.3) is 0 Å². The maximum atomic E-state index is 14.0. The number of nitrogens with zero attached hydrogens (tertiary/aromatic N) is 2. The van der Waals surface area contributed by atoms with Gasteiger partial charge in [-0.15, -0.1) is 0 Å². The van der Waals surface area contributed by atoms with Crippen molar-refractivity contribution in [1.29, 1.82) is 0 Å². The van der Waals surface area contributed by atoms with Crippen molar-refractivity contribution in [3.8, 4) is 5.88 Å². The second-order valence-electron chi connectivity index (χ2n) is 4.30. The van der Waals surface area contributed by atoms with E-state index in [2.05, 4.69) is 4.98 Å². The number of pyridine rings is 1. The molecule has 0 saturated heterocycles. The SMILES string of the molecule is COc1cc(N(CCCN)c2ccccc2F)ccn1. The summed E-state index contributed by atoms with van der Waals surface area (Å²) in [6.07, 6.45) is 2.41. The van der Waals surface area contributed by atoms with Gasteiger partial charge in [-0.1, -0.05) is 12.1 Å². The maximum Gasteiger partial charge on any atom is 0.214 e. The third kappa shape index (κ3) is 3.24. The van der Waals surface area contributed by atoms with E-state index in [9.17, 15) is 4.39 Å². The minimum Gasteiger partial charge on any atom is -0.481 e. The van der Waals surface area contributed by atoms with Crippen molar-refractivity contribution >= 4 is 11.4 Å². The van der Waals surface area contributed by atoms with Crippen molar-refractivity contribution in [2.45, 2.75) is 6.42 Å². The summed E-state index contributed by atoms with van der Waals surface area (Å²) >= 11 is 0. The van der Waals surface area contributed by atoms with Crippen LogP contribution in [0.5, 0.6) is 5.88 Å². The Balaban J connectivity index is 2.38. The molecule has 20 heavy (non-hydrogen) atoms. The Hall–Kier alpha value is -2.14. The van der Waals surface area contributed by atoms with Crippen LogP contribution in [-0.4, -0.2) is 25.2 Å². The fourth-order valence-electron chi connectivity index (χ4n) is 1.99. The zero-order valence-electron chi connectivity index (χ0n) is 11.4. The van der Waals surface area contributed by atoms with Gasteiger partial charge >= 0.3 is 0 Å². The van der Waals surface area contributed by atoms with Gasteiger partial charge in [0, 0.05) is 24.5 Å². The minimum absolute atomic E-state index is 0.264. The lowest BCUT2D eigenvalue weighted by molar-refractivity contribution is 0.398. The highest BCUT2D eigenvalue weighted by molar-refractivity contribution is 5.64. The van der Waals surface area contributed by atoms with Gasteiger partial charge in [-0.2, -0.15) is 0 Å². The standard InChI is InChI=1S/C15H18FN3O/c1-20-15-11-12(7-9-18-15)19(10-4-8-17)14-6-3-2-5-13(14)16/h2-3,5-7,9,11H,4,8,10,17H2,1H3. The molecule has 0 fully saturated rings. The zero-order valence-corrected chi connectivity index (χ0v) is 11.4. The topological polar surface area (TPSA) is 51.4 Å². The molecule has 4 nitrogen and oxygen atoms in total. The van der Waals surface area contributed by atoms with Crippen molar-refractivity contribution in [1.82, 2.24) is 4.98 Å². The van der Waals surface area contributed by atoms with E-state index in [0.717, 1.165) is 12.1 Å². The van der Waals surface area contributed by atoms with Crippen LogP contribution >= 0.6 is 0 Å². The number of nitrogens with two attached hydrogens (primary N) is 1. The molecule has 2 N–H and O–H groups in total. The Morgan fingerprint density at radius 1 is 1.30 bits per heavy atom. The second-order valence-corrected chi connectivity index (χ2v) is 4.30. The number of rotatable bonds is 6. The molecule has 5 heteroatoms. The van der Waals surface area contributed by atoms with Crippen LogP contribution < -0.4 is 15.4 Å². The highest BCUT2D eigenvalue weighted by Gasteiger charge is 2.13. The third-order valence-corrected chi connectivity index (χ3v) is 2.97. The smallest absolute Gasteiger partial charge is 0.214 e. The van der Waals surface area contributed by atoms with Gasteiger partial charge < -0.3 is 15.4 Å². The van der Waals surface area contributed by atoms with Crippen molar-refractivity contribution in [2.24, 2.45) is 5.73 Å². The Bertz CT molecular complexity index is 562. The van der Waals surface area contributed by atoms with E-state index >= 15 is 0 Å². The molecule has 2 aromatic rings. The molecule has 0 aliphatic rings. The summed E-state index contributed by atoms with van der Waals surface area (Å²) in [7, 11) is 1.55. The summed E-state index contributed by atoms with van der Waals surface area (Å²) in [6, 6.07) is 10.3. The Kier molecular flexibility index (Phi) is 4.90. The number of anilines is 2. The van der Waals surface area contributed by atoms with Gasteiger partial charge in [0.05, 0.1) is 12.8 Å². The Morgan fingerprint density at radius 2 is 2.10 bits per heavy atom. The first-order valence-corrected chi connectivity index (χ1v) is 6.48. The van der Waals surface area contributed by atoms with Gasteiger partial charge in [-0.25, -0.2) is 9.37 Å². The molecule has 1 aromatic carbocycles. The van der Waals surface area contributed by atoms with Gasteiger partial charge in [-0.05, 0) is 31.2 Å². The fourth-order valence-corrected chi connectivity index (χ4v) is 1.99. The van der Waals surface area contributed by atoms with E-state index in [0.29, 0.717) is 24.7 Å². The summed E-state index contributed by atoms with van der Waals surface area (Å²) < 4.78 is 19.1. The van der Waals surface area contributed by atoms with Crippen LogP contribution in [0.2, 0.25) is 0 Å². The minimum atomic E-state index is -0.264. The van der Waals surface area contributed by atoms with Crippen LogP contribution in [-0.2, 0) is 0 Å². The number of methoxy groups -OCH3 is 1. The molecular weight excluding hydrogens is 257 g/mol. The van der Waals surface area contributed by atoms with E-state index in [1.165, 1.54) is 6.07 Å². The van der Waals surface area contributed by atoms with Gasteiger partial charge in [-0.3, -0.25) is 0 Å². The summed E-state index contributed by atoms with van der Waals surface area (Å²) in [5, 5.41) is 0.